The summed E-state index contributed by atoms with van der Waals surface area (Å²) in [5.74, 6) is -6.58. The largest absolute Gasteiger partial charge is 0.481 e. The molecule has 0 saturated carbocycles. The van der Waals surface area contributed by atoms with Gasteiger partial charge >= 0.3 is 47.8 Å². The number of carboxylic acids is 8. The summed E-state index contributed by atoms with van der Waals surface area (Å²) < 4.78 is 72.6. The number of piperidine rings is 4. The van der Waals surface area contributed by atoms with Crippen LogP contribution in [0.1, 0.15) is 224 Å². The van der Waals surface area contributed by atoms with Gasteiger partial charge in [-0.3, -0.25) is 87.0 Å². The molecule has 39 nitrogen and oxygen atoms in total. The van der Waals surface area contributed by atoms with E-state index in [4.69, 9.17) is 69.3 Å². The molecule has 7 aliphatic heterocycles. The third-order valence-electron chi connectivity index (χ3n) is 20.6. The Balaban J connectivity index is -0.000000416. The van der Waals surface area contributed by atoms with Crippen molar-refractivity contribution in [3.63, 3.8) is 0 Å². The van der Waals surface area contributed by atoms with Gasteiger partial charge in [-0.25, -0.2) is 0 Å². The molecule has 41 heteroatoms. The number of hydrogen-bond acceptors (Lipinski definition) is 29. The van der Waals surface area contributed by atoms with Gasteiger partial charge in [0.25, 0.3) is 20.2 Å². The van der Waals surface area contributed by atoms with Gasteiger partial charge in [0, 0.05) is 138 Å². The minimum Gasteiger partial charge on any atom is -0.481 e. The van der Waals surface area contributed by atoms with E-state index in [1.54, 1.807) is 32.8 Å². The van der Waals surface area contributed by atoms with E-state index in [2.05, 4.69) is 110 Å². The number of aliphatic hydroxyl groups excluding tert-OH is 1. The lowest BCUT2D eigenvalue weighted by Crippen LogP contribution is -2.53. The van der Waals surface area contributed by atoms with Crippen molar-refractivity contribution >= 4 is 73.8 Å². The monoisotopic (exact) mass is 1830 g/mol. The number of ether oxygens (including phenoxy) is 3. The van der Waals surface area contributed by atoms with E-state index in [1.807, 2.05) is 100.0 Å². The molecule has 7 fully saturated rings. The quantitative estimate of drug-likeness (QED) is 0.0397. The molecule has 7 aliphatic rings. The second-order valence-corrected chi connectivity index (χ2v) is 37.7. The van der Waals surface area contributed by atoms with Crippen molar-refractivity contribution < 1.29 is 129 Å². The van der Waals surface area contributed by atoms with Gasteiger partial charge in [0.15, 0.2) is 0 Å². The van der Waals surface area contributed by atoms with Gasteiger partial charge < -0.3 is 85.5 Å². The normalized spacial score (nSPS) is 19.5. The number of carbonyl (C=O) groups is 9. The van der Waals surface area contributed by atoms with Crippen molar-refractivity contribution in [3.8, 4) is 0 Å². The van der Waals surface area contributed by atoms with Gasteiger partial charge in [0.2, 0.25) is 0 Å². The highest BCUT2D eigenvalue weighted by molar-refractivity contribution is 7.85. The summed E-state index contributed by atoms with van der Waals surface area (Å²) in [6.07, 6.45) is 9.08. The van der Waals surface area contributed by atoms with Gasteiger partial charge in [-0.2, -0.15) is 16.8 Å². The maximum absolute atomic E-state index is 10.8. The minimum absolute atomic E-state index is 0.0532. The first-order valence-electron chi connectivity index (χ1n) is 43.4. The van der Waals surface area contributed by atoms with E-state index in [1.165, 1.54) is 30.8 Å². The predicted molar refractivity (Wildman–Crippen MR) is 480 cm³/mol. The first kappa shape index (κ1) is 127. The van der Waals surface area contributed by atoms with Crippen LogP contribution in [0.3, 0.4) is 0 Å². The Labute approximate surface area is 742 Å². The lowest BCUT2D eigenvalue weighted by molar-refractivity contribution is -0.151. The molecule has 736 valence electrons. The molecule has 0 aromatic rings. The summed E-state index contributed by atoms with van der Waals surface area (Å²) in [7, 11) is -2.43. The van der Waals surface area contributed by atoms with E-state index in [-0.39, 0.29) is 85.6 Å². The lowest BCUT2D eigenvalue weighted by atomic mass is 9.96. The van der Waals surface area contributed by atoms with Crippen molar-refractivity contribution in [3.05, 3.63) is 0 Å². The summed E-state index contributed by atoms with van der Waals surface area (Å²) >= 11 is 0. The molecule has 0 radical (unpaired) electrons. The molecule has 0 spiro atoms. The first-order chi connectivity index (χ1) is 57.0. The summed E-state index contributed by atoms with van der Waals surface area (Å²) in [5.41, 5.74) is 0. The van der Waals surface area contributed by atoms with E-state index in [9.17, 15) is 60.0 Å². The molecule has 4 atom stereocenters. The van der Waals surface area contributed by atoms with Gasteiger partial charge in [0.05, 0.1) is 57.5 Å². The Morgan fingerprint density at radius 3 is 1.12 bits per heavy atom. The zero-order chi connectivity index (χ0) is 97.4. The number of ketones is 1. The smallest absolute Gasteiger partial charge is 0.323 e. The van der Waals surface area contributed by atoms with Crippen LogP contribution in [-0.4, -0.2) is 417 Å². The highest BCUT2D eigenvalue weighted by Gasteiger charge is 2.36. The number of carboxylic acid groups (broad SMARTS) is 8. The van der Waals surface area contributed by atoms with Crippen LogP contribution >= 0.6 is 0 Å². The molecule has 0 amide bonds. The number of nitrogens with zero attached hydrogens (tertiary/aromatic N) is 9. The Kier molecular flexibility index (Phi) is 71.3. The van der Waals surface area contributed by atoms with Crippen LogP contribution in [0.15, 0.2) is 0 Å². The number of aliphatic carboxylic acids is 8. The maximum atomic E-state index is 10.8. The van der Waals surface area contributed by atoms with Crippen LogP contribution in [-0.2, 0) is 77.6 Å². The molecule has 4 unspecified atom stereocenters. The van der Waals surface area contributed by atoms with Crippen LogP contribution in [0.25, 0.3) is 0 Å². The van der Waals surface area contributed by atoms with Crippen molar-refractivity contribution in [1.82, 2.24) is 60.0 Å². The van der Waals surface area contributed by atoms with Gasteiger partial charge in [-0.05, 0) is 211 Å². The topological polar surface area (TPSA) is 537 Å². The number of aliphatic hydroxyl groups is 1. The fourth-order valence-corrected chi connectivity index (χ4v) is 13.5. The fourth-order valence-electron chi connectivity index (χ4n) is 12.1. The van der Waals surface area contributed by atoms with Crippen LogP contribution in [0.4, 0.5) is 0 Å². The zero-order valence-electron chi connectivity index (χ0n) is 80.1. The van der Waals surface area contributed by atoms with E-state index in [0.29, 0.717) is 81.2 Å². The van der Waals surface area contributed by atoms with Gasteiger partial charge in [-0.1, -0.05) is 34.1 Å². The number of methoxy groups -OCH3 is 1. The molecule has 7 heterocycles. The Bertz CT molecular complexity index is 3070. The molecule has 7 rings (SSSR count). The minimum atomic E-state index is -3.84. The average molecular weight is 1830 g/mol. The number of likely N-dealkylation sites (tertiary alicyclic amines) is 5. The van der Waals surface area contributed by atoms with Crippen LogP contribution in [0.5, 0.6) is 0 Å². The number of carbonyl (C=O) groups excluding carboxylic acids is 1. The van der Waals surface area contributed by atoms with E-state index < -0.39 is 86.1 Å². The second kappa shape index (κ2) is 69.6. The molecular weight excluding hydrogens is 1660 g/mol. The van der Waals surface area contributed by atoms with Gasteiger partial charge in [0.1, 0.15) is 48.4 Å². The third kappa shape index (κ3) is 66.9. The molecule has 0 aliphatic carbocycles. The standard InChI is InChI=1S/2C9H17NO2.C9H19NO.C8H15NO3.C8H15NO.C7H13NO3.C7H13NO2.C6H13NO3.C6H13NO2.C5H13NO3S.C5H11NO2.C4H11NO3S/c1-7(2)10-5-3-8(4-6-10)9(11)12;1-7(2)10-6-4-3-5-8(10)9(11)12;1-8(2)10-6-4-9(11-3)5-7-10;1-6(2)9-3-4-12-5-7(9)8(10)11;1-7(2)9-5-3-8(10)4-6-9;1-5(2)8-4-11-3-6(8)7(9)10;1-5(2)8-3-6(4-8)7(9)10;1-4(2)7-5(3-8)6(9)10;1-5(2)7(3)4-6(8)9;1-5(2)6(3)4-10(7,8)9;1-4(2)6-3-5(7)8;1-4(2)5-3-9(6,7)8/h2*7-8H,3-6H2,1-2H3,(H,11,12);8-9H,4-7H2,1-3H3;6-7H,3-5H2,1-2H3,(H,10,11);7H,3-6H2,1-2H3;5-6H,3-4H2,1-2H3,(H,9,10);5-6H,3-4H2,1-2H3,(H,9,10);4-5,7-8H,3H2,1-2H3,(H,9,10);5H,4H2,1-3H3,(H,8,9);5H,4H2,1-3H3,(H,7,8,9);4,6H,3H2,1-2H3,(H,7,8);4-5H,3H2,1-2H3,(H,6,7,8). The van der Waals surface area contributed by atoms with Crippen molar-refractivity contribution in [2.45, 2.75) is 327 Å². The van der Waals surface area contributed by atoms with E-state index in [0.717, 1.165) is 90.8 Å². The fraction of sp³-hybridized carbons (Fsp3) is 0.892. The number of rotatable bonds is 29. The Morgan fingerprint density at radius 1 is 0.452 bits per heavy atom. The SMILES string of the molecule is CC(C)N(C)CC(=O)O.CC(C)N(C)CS(=O)(=O)O.CC(C)N1CC(C(=O)O)C1.CC(C)N1CCC(=O)CC1.CC(C)N1CCC(C(=O)O)CC1.CC(C)N1CCCCC1C(=O)O.CC(C)N1CCOCC1C(=O)O.CC(C)N1COCC1C(=O)O.CC(C)NC(CO)C(=O)O.CC(C)NCC(=O)O.CC(C)NCS(=O)(=O)O.COC1CCN(C(C)C)CC1. The zero-order valence-corrected chi connectivity index (χ0v) is 81.7. The number of morpholine rings is 1. The third-order valence-corrected chi connectivity index (χ3v) is 21.8. The first-order valence-corrected chi connectivity index (χ1v) is 46.6. The molecule has 0 aromatic carbocycles. The molecule has 0 aromatic heterocycles. The van der Waals surface area contributed by atoms with Crippen molar-refractivity contribution in [2.75, 3.05) is 145 Å². The average Bonchev–Trinajstić information content (AvgIpc) is 1.00. The summed E-state index contributed by atoms with van der Waals surface area (Å²) in [6.45, 7) is 58.9. The molecule has 7 saturated heterocycles. The Hall–Kier alpha value is -5.39. The van der Waals surface area contributed by atoms with Crippen LogP contribution in [0.2, 0.25) is 0 Å². The number of Topliss-reactive ketones (excluding diaryl/α,β-unsaturated/α-hetero) is 1. The second-order valence-electron chi connectivity index (χ2n) is 34.8. The molecule has 14 N–H and O–H groups in total. The Morgan fingerprint density at radius 2 is 0.855 bits per heavy atom. The predicted octanol–water partition coefficient (Wildman–Crippen LogP) is 5.73. The lowest BCUT2D eigenvalue weighted by Gasteiger charge is -2.39. The van der Waals surface area contributed by atoms with Gasteiger partial charge in [-0.15, -0.1) is 0 Å². The summed E-state index contributed by atoms with van der Waals surface area (Å²) in [4.78, 5) is 113. The maximum Gasteiger partial charge on any atom is 0.323 e. The molecular formula is C83H170N12O27S2. The molecule has 0 bridgehead atoms. The number of nitrogens with one attached hydrogen (secondary N) is 3. The van der Waals surface area contributed by atoms with Crippen LogP contribution in [0, 0.1) is 11.8 Å². The number of hydrogen-bond donors (Lipinski definition) is 14. The highest BCUT2D eigenvalue weighted by atomic mass is 32.2. The van der Waals surface area contributed by atoms with Crippen LogP contribution < -0.4 is 16.0 Å². The number of likely N-dealkylation sites (N-methyl/N-ethyl adjacent to an activating group) is 1. The van der Waals surface area contributed by atoms with Crippen molar-refractivity contribution in [1.29, 1.82) is 0 Å². The molecule has 124 heavy (non-hydrogen) atoms. The van der Waals surface area contributed by atoms with E-state index >= 15 is 0 Å². The highest BCUT2D eigenvalue weighted by Crippen LogP contribution is 2.22. The summed E-state index contributed by atoms with van der Waals surface area (Å²) in [6, 6.07) is 2.08. The summed E-state index contributed by atoms with van der Waals surface area (Å²) in [5, 5.41) is 85.0. The van der Waals surface area contributed by atoms with Crippen molar-refractivity contribution in [2.24, 2.45) is 11.8 Å².